The summed E-state index contributed by atoms with van der Waals surface area (Å²) in [5.41, 5.74) is 10.2. The predicted octanol–water partition coefficient (Wildman–Crippen LogP) is 3.28. The van der Waals surface area contributed by atoms with E-state index in [1.807, 2.05) is 24.3 Å². The van der Waals surface area contributed by atoms with Crippen LogP contribution in [0.1, 0.15) is 27.2 Å². The van der Waals surface area contributed by atoms with Gasteiger partial charge in [-0.2, -0.15) is 0 Å². The molecule has 0 atom stereocenters. The van der Waals surface area contributed by atoms with Crippen LogP contribution in [0.3, 0.4) is 0 Å². The molecule has 3 aromatic rings. The molecule has 1 aliphatic heterocycles. The fraction of sp³-hybridized carbons (Fsp3) is 0.211. The number of nitrogens with zero attached hydrogens (tertiary/aromatic N) is 3. The zero-order valence-electron chi connectivity index (χ0n) is 14.2. The number of fused-ring (bicyclic) bond motifs is 3. The number of ether oxygens (including phenoxy) is 1. The van der Waals surface area contributed by atoms with Crippen LogP contribution in [0.15, 0.2) is 41.0 Å². The number of aromatic nitrogens is 2. The van der Waals surface area contributed by atoms with Gasteiger partial charge in [-0.05, 0) is 51.8 Å². The Labute approximate surface area is 159 Å². The van der Waals surface area contributed by atoms with Crippen molar-refractivity contribution in [3.05, 3.63) is 63.4 Å². The zero-order valence-corrected chi connectivity index (χ0v) is 15.8. The van der Waals surface area contributed by atoms with Crippen molar-refractivity contribution < 1.29 is 9.53 Å². The van der Waals surface area contributed by atoms with Gasteiger partial charge in [-0.25, -0.2) is 4.98 Å². The summed E-state index contributed by atoms with van der Waals surface area (Å²) < 4.78 is 6.42. The molecular weight excluding hydrogens is 396 g/mol. The number of hydrogen-bond donors (Lipinski definition) is 1. The molecule has 26 heavy (non-hydrogen) atoms. The van der Waals surface area contributed by atoms with Crippen LogP contribution in [0.25, 0.3) is 10.9 Å². The van der Waals surface area contributed by atoms with Crippen LogP contribution in [0.4, 0.5) is 5.82 Å². The highest BCUT2D eigenvalue weighted by Crippen LogP contribution is 2.31. The number of nitrogen functional groups attached to an aromatic ring is 1. The summed E-state index contributed by atoms with van der Waals surface area (Å²) in [4.78, 5) is 23.2. The lowest BCUT2D eigenvalue weighted by atomic mass is 10.0. The molecule has 0 saturated heterocycles. The lowest BCUT2D eigenvalue weighted by Gasteiger charge is -2.17. The molecule has 3 heterocycles. The molecule has 7 heteroatoms. The maximum Gasteiger partial charge on any atom is 0.253 e. The summed E-state index contributed by atoms with van der Waals surface area (Å²) >= 11 is 3.36. The average molecular weight is 413 g/mol. The Morgan fingerprint density at radius 3 is 2.85 bits per heavy atom. The maximum atomic E-state index is 12.8. The van der Waals surface area contributed by atoms with Crippen molar-refractivity contribution >= 4 is 38.6 Å². The maximum absolute atomic E-state index is 12.8. The Morgan fingerprint density at radius 2 is 2.08 bits per heavy atom. The van der Waals surface area contributed by atoms with E-state index in [1.165, 1.54) is 0 Å². The Kier molecular flexibility index (Phi) is 4.34. The molecule has 1 aromatic carbocycles. The molecule has 0 spiro atoms. The number of carbonyl (C=O) groups is 1. The molecule has 0 unspecified atom stereocenters. The van der Waals surface area contributed by atoms with Gasteiger partial charge in [0.1, 0.15) is 5.82 Å². The number of hydrogen-bond acceptors (Lipinski definition) is 5. The largest absolute Gasteiger partial charge is 0.383 e. The van der Waals surface area contributed by atoms with E-state index < -0.39 is 0 Å². The van der Waals surface area contributed by atoms with Gasteiger partial charge in [0.15, 0.2) is 0 Å². The Balaban J connectivity index is 1.64. The molecule has 0 saturated carbocycles. The van der Waals surface area contributed by atoms with E-state index in [2.05, 4.69) is 25.9 Å². The third-order valence-corrected chi connectivity index (χ3v) is 4.98. The number of pyridine rings is 2. The van der Waals surface area contributed by atoms with E-state index in [0.29, 0.717) is 31.1 Å². The Hall–Kier alpha value is -2.51. The average Bonchev–Trinajstić information content (AvgIpc) is 3.14. The number of anilines is 1. The molecule has 0 radical (unpaired) electrons. The van der Waals surface area contributed by atoms with Crippen LogP contribution in [0.5, 0.6) is 0 Å². The first kappa shape index (κ1) is 16.9. The van der Waals surface area contributed by atoms with Gasteiger partial charge in [-0.1, -0.05) is 0 Å². The zero-order chi connectivity index (χ0) is 18.3. The van der Waals surface area contributed by atoms with Crippen molar-refractivity contribution in [1.82, 2.24) is 14.9 Å². The predicted molar refractivity (Wildman–Crippen MR) is 102 cm³/mol. The van der Waals surface area contributed by atoms with Crippen molar-refractivity contribution in [2.45, 2.75) is 19.8 Å². The van der Waals surface area contributed by atoms with Gasteiger partial charge < -0.3 is 15.4 Å². The van der Waals surface area contributed by atoms with Crippen molar-refractivity contribution in [3.8, 4) is 0 Å². The monoisotopic (exact) mass is 412 g/mol. The lowest BCUT2D eigenvalue weighted by Crippen LogP contribution is -2.26. The molecule has 0 bridgehead atoms. The van der Waals surface area contributed by atoms with E-state index in [1.54, 1.807) is 24.2 Å². The molecule has 2 N–H and O–H groups in total. The van der Waals surface area contributed by atoms with Gasteiger partial charge in [0, 0.05) is 34.2 Å². The minimum Gasteiger partial charge on any atom is -0.383 e. The minimum atomic E-state index is -0.0684. The third kappa shape index (κ3) is 3.04. The minimum absolute atomic E-state index is 0.0684. The van der Waals surface area contributed by atoms with Gasteiger partial charge in [-0.15, -0.1) is 0 Å². The number of rotatable bonds is 3. The van der Waals surface area contributed by atoms with Crippen molar-refractivity contribution in [1.29, 1.82) is 0 Å². The first-order valence-corrected chi connectivity index (χ1v) is 8.97. The summed E-state index contributed by atoms with van der Waals surface area (Å²) in [5, 5.41) is 0.924. The fourth-order valence-electron chi connectivity index (χ4n) is 3.14. The summed E-state index contributed by atoms with van der Waals surface area (Å²) in [7, 11) is 1.77. The fourth-order valence-corrected chi connectivity index (χ4v) is 3.37. The highest BCUT2D eigenvalue weighted by Gasteiger charge is 2.21. The highest BCUT2D eigenvalue weighted by molar-refractivity contribution is 9.10. The molecule has 2 aromatic heterocycles. The van der Waals surface area contributed by atoms with Gasteiger partial charge in [-0.3, -0.25) is 9.78 Å². The molecular formula is C19H17BrN4O2. The van der Waals surface area contributed by atoms with E-state index in [4.69, 9.17) is 10.5 Å². The number of carbonyl (C=O) groups excluding carboxylic acids is 1. The van der Waals surface area contributed by atoms with E-state index >= 15 is 0 Å². The third-order valence-electron chi connectivity index (χ3n) is 4.51. The van der Waals surface area contributed by atoms with Crippen LogP contribution >= 0.6 is 15.9 Å². The number of benzene rings is 1. The summed E-state index contributed by atoms with van der Waals surface area (Å²) in [6.07, 6.45) is 1.73. The summed E-state index contributed by atoms with van der Waals surface area (Å²) in [6.45, 7) is 1.40. The summed E-state index contributed by atoms with van der Waals surface area (Å²) in [5.74, 6) is 0.434. The Morgan fingerprint density at radius 1 is 1.27 bits per heavy atom. The quantitative estimate of drug-likeness (QED) is 0.713. The summed E-state index contributed by atoms with van der Waals surface area (Å²) in [6, 6.07) is 9.30. The molecule has 4 rings (SSSR count). The van der Waals surface area contributed by atoms with Crippen LogP contribution < -0.4 is 5.73 Å². The van der Waals surface area contributed by atoms with Gasteiger partial charge in [0.05, 0.1) is 31.0 Å². The Bertz CT molecular complexity index is 1000. The second-order valence-corrected chi connectivity index (χ2v) is 7.22. The molecule has 132 valence electrons. The van der Waals surface area contributed by atoms with Gasteiger partial charge in [0.2, 0.25) is 0 Å². The number of halogens is 1. The van der Waals surface area contributed by atoms with Crippen molar-refractivity contribution in [3.63, 3.8) is 0 Å². The normalized spacial score (nSPS) is 13.0. The first-order chi connectivity index (χ1) is 12.5. The van der Waals surface area contributed by atoms with E-state index in [-0.39, 0.29) is 5.91 Å². The topological polar surface area (TPSA) is 81.3 Å². The molecule has 1 aliphatic rings. The number of nitrogens with two attached hydrogens (primary N) is 1. The highest BCUT2D eigenvalue weighted by atomic mass is 79.9. The van der Waals surface area contributed by atoms with Crippen LogP contribution in [-0.2, 0) is 24.5 Å². The SMILES string of the molecule is CN(Cc1ccc(Br)cn1)C(=O)c1ccc2nc(N)c3c(c2c1)COC3. The van der Waals surface area contributed by atoms with Crippen LogP contribution in [0.2, 0.25) is 0 Å². The van der Waals surface area contributed by atoms with Gasteiger partial charge in [0.25, 0.3) is 5.91 Å². The molecule has 0 fully saturated rings. The van der Waals surface area contributed by atoms with Crippen LogP contribution in [-0.4, -0.2) is 27.8 Å². The number of amides is 1. The second-order valence-electron chi connectivity index (χ2n) is 6.31. The van der Waals surface area contributed by atoms with E-state index in [9.17, 15) is 4.79 Å². The standard InChI is InChI=1S/C19H17BrN4O2/c1-24(8-13-4-3-12(20)7-22-13)19(25)11-2-5-17-14(6-11)15-9-26-10-16(15)18(21)23-17/h2-7H,8-10H2,1H3,(H2,21,23). The van der Waals surface area contributed by atoms with E-state index in [0.717, 1.165) is 32.2 Å². The van der Waals surface area contributed by atoms with Crippen LogP contribution in [0, 0.1) is 0 Å². The molecule has 0 aliphatic carbocycles. The second kappa shape index (κ2) is 6.66. The van der Waals surface area contributed by atoms with Crippen molar-refractivity contribution in [2.75, 3.05) is 12.8 Å². The van der Waals surface area contributed by atoms with Crippen molar-refractivity contribution in [2.24, 2.45) is 0 Å². The lowest BCUT2D eigenvalue weighted by molar-refractivity contribution is 0.0783. The molecule has 6 nitrogen and oxygen atoms in total. The first-order valence-electron chi connectivity index (χ1n) is 8.17. The van der Waals surface area contributed by atoms with Gasteiger partial charge >= 0.3 is 0 Å². The smallest absolute Gasteiger partial charge is 0.253 e. The molecule has 1 amide bonds.